The summed E-state index contributed by atoms with van der Waals surface area (Å²) in [5.41, 5.74) is 0.944. The minimum atomic E-state index is -1.02. The van der Waals surface area contributed by atoms with E-state index in [1.54, 1.807) is 13.0 Å². The van der Waals surface area contributed by atoms with E-state index in [-0.39, 0.29) is 18.2 Å². The van der Waals surface area contributed by atoms with E-state index in [0.717, 1.165) is 38.4 Å². The molecule has 1 aromatic rings. The minimum absolute atomic E-state index is 0. The number of nitrogens with zero attached hydrogens (tertiary/aromatic N) is 1. The fourth-order valence-corrected chi connectivity index (χ4v) is 1.78. The molecular weight excluding hydrogens is 246 g/mol. The smallest absolute Gasteiger partial charge is 0.371 e. The zero-order valence-corrected chi connectivity index (χ0v) is 10.5. The third-order valence-electron chi connectivity index (χ3n) is 2.73. The molecule has 1 aliphatic rings. The molecule has 0 radical (unpaired) electrons. The van der Waals surface area contributed by atoms with Gasteiger partial charge in [0.15, 0.2) is 0 Å². The van der Waals surface area contributed by atoms with Crippen LogP contribution >= 0.6 is 12.4 Å². The largest absolute Gasteiger partial charge is 0.475 e. The molecule has 0 saturated carbocycles. The molecule has 6 heteroatoms. The molecular formula is C11H16ClNO4. The van der Waals surface area contributed by atoms with Gasteiger partial charge in [0.05, 0.1) is 13.2 Å². The number of hydrogen-bond acceptors (Lipinski definition) is 4. The van der Waals surface area contributed by atoms with Crippen molar-refractivity contribution in [3.8, 4) is 0 Å². The Kier molecular flexibility index (Phi) is 4.99. The first-order valence-electron chi connectivity index (χ1n) is 5.29. The standard InChI is InChI=1S/C11H15NO4.ClH/c1-8-9(6-10(16-8)11(13)14)7-12-2-4-15-5-3-12;/h6H,2-5,7H2,1H3,(H,13,14);1H. The summed E-state index contributed by atoms with van der Waals surface area (Å²) in [6.07, 6.45) is 0. The fraction of sp³-hybridized carbons (Fsp3) is 0.545. The number of ether oxygens (including phenoxy) is 1. The molecule has 0 aliphatic carbocycles. The number of aryl methyl sites for hydroxylation is 1. The highest BCUT2D eigenvalue weighted by atomic mass is 35.5. The van der Waals surface area contributed by atoms with Crippen molar-refractivity contribution in [2.24, 2.45) is 0 Å². The summed E-state index contributed by atoms with van der Waals surface area (Å²) in [7, 11) is 0. The lowest BCUT2D eigenvalue weighted by Crippen LogP contribution is -2.35. The van der Waals surface area contributed by atoms with E-state index in [4.69, 9.17) is 14.3 Å². The quantitative estimate of drug-likeness (QED) is 0.894. The molecule has 1 aliphatic heterocycles. The number of rotatable bonds is 3. The Morgan fingerprint density at radius 3 is 2.65 bits per heavy atom. The van der Waals surface area contributed by atoms with Crippen molar-refractivity contribution in [3.05, 3.63) is 23.2 Å². The lowest BCUT2D eigenvalue weighted by atomic mass is 10.2. The van der Waals surface area contributed by atoms with Crippen LogP contribution in [0, 0.1) is 6.92 Å². The van der Waals surface area contributed by atoms with Crippen molar-refractivity contribution in [2.45, 2.75) is 13.5 Å². The van der Waals surface area contributed by atoms with Gasteiger partial charge < -0.3 is 14.3 Å². The number of hydrogen-bond donors (Lipinski definition) is 1. The van der Waals surface area contributed by atoms with Gasteiger partial charge in [-0.25, -0.2) is 4.79 Å². The van der Waals surface area contributed by atoms with Crippen LogP contribution in [0.3, 0.4) is 0 Å². The van der Waals surface area contributed by atoms with E-state index < -0.39 is 5.97 Å². The Labute approximate surface area is 106 Å². The molecule has 0 bridgehead atoms. The maximum atomic E-state index is 10.7. The Hall–Kier alpha value is -1.04. The first-order valence-corrected chi connectivity index (χ1v) is 5.29. The molecule has 0 spiro atoms. The SMILES string of the molecule is Cc1oc(C(=O)O)cc1CN1CCOCC1.Cl. The van der Waals surface area contributed by atoms with Gasteiger partial charge in [-0.3, -0.25) is 4.90 Å². The van der Waals surface area contributed by atoms with Gasteiger partial charge in [0.2, 0.25) is 5.76 Å². The molecule has 5 nitrogen and oxygen atoms in total. The van der Waals surface area contributed by atoms with Crippen LogP contribution in [-0.4, -0.2) is 42.3 Å². The van der Waals surface area contributed by atoms with Crippen LogP contribution in [0.4, 0.5) is 0 Å². The third-order valence-corrected chi connectivity index (χ3v) is 2.73. The number of carboxylic acids is 1. The maximum Gasteiger partial charge on any atom is 0.371 e. The average molecular weight is 262 g/mol. The molecule has 2 rings (SSSR count). The number of morpholine rings is 1. The summed E-state index contributed by atoms with van der Waals surface area (Å²) >= 11 is 0. The van der Waals surface area contributed by atoms with Gasteiger partial charge in [-0.15, -0.1) is 12.4 Å². The maximum absolute atomic E-state index is 10.7. The molecule has 2 heterocycles. The van der Waals surface area contributed by atoms with Gasteiger partial charge in [0.25, 0.3) is 0 Å². The molecule has 0 unspecified atom stereocenters. The summed E-state index contributed by atoms with van der Waals surface area (Å²) in [5.74, 6) is -0.319. The highest BCUT2D eigenvalue weighted by Crippen LogP contribution is 2.17. The van der Waals surface area contributed by atoms with E-state index in [1.165, 1.54) is 0 Å². The highest BCUT2D eigenvalue weighted by Gasteiger charge is 2.17. The summed E-state index contributed by atoms with van der Waals surface area (Å²) in [6.45, 7) is 5.76. The average Bonchev–Trinajstić information content (AvgIpc) is 2.62. The Balaban J connectivity index is 0.00000144. The molecule has 17 heavy (non-hydrogen) atoms. The van der Waals surface area contributed by atoms with Crippen molar-refractivity contribution in [3.63, 3.8) is 0 Å². The third kappa shape index (κ3) is 3.46. The lowest BCUT2D eigenvalue weighted by molar-refractivity contribution is 0.0340. The number of carboxylic acid groups (broad SMARTS) is 1. The zero-order valence-electron chi connectivity index (χ0n) is 9.64. The van der Waals surface area contributed by atoms with Crippen LogP contribution in [-0.2, 0) is 11.3 Å². The van der Waals surface area contributed by atoms with Gasteiger partial charge in [-0.1, -0.05) is 0 Å². The Bertz CT molecular complexity index is 385. The van der Waals surface area contributed by atoms with Crippen LogP contribution in [0.15, 0.2) is 10.5 Å². The number of halogens is 1. The predicted molar refractivity (Wildman–Crippen MR) is 63.7 cm³/mol. The van der Waals surface area contributed by atoms with E-state index in [0.29, 0.717) is 5.76 Å². The monoisotopic (exact) mass is 261 g/mol. The first-order chi connectivity index (χ1) is 7.66. The van der Waals surface area contributed by atoms with Crippen LogP contribution in [0.5, 0.6) is 0 Å². The van der Waals surface area contributed by atoms with Gasteiger partial charge in [-0.2, -0.15) is 0 Å². The normalized spacial score (nSPS) is 16.5. The molecule has 96 valence electrons. The molecule has 0 atom stereocenters. The Morgan fingerprint density at radius 2 is 2.12 bits per heavy atom. The minimum Gasteiger partial charge on any atom is -0.475 e. The molecule has 0 aromatic carbocycles. The molecule has 1 saturated heterocycles. The van der Waals surface area contributed by atoms with E-state index in [2.05, 4.69) is 4.90 Å². The van der Waals surface area contributed by atoms with Gasteiger partial charge in [-0.05, 0) is 13.0 Å². The van der Waals surface area contributed by atoms with Crippen LogP contribution in [0.25, 0.3) is 0 Å². The van der Waals surface area contributed by atoms with Gasteiger partial charge in [0, 0.05) is 25.2 Å². The van der Waals surface area contributed by atoms with Crippen molar-refractivity contribution in [2.75, 3.05) is 26.3 Å². The second kappa shape index (κ2) is 6.05. The van der Waals surface area contributed by atoms with E-state index in [9.17, 15) is 4.79 Å². The molecule has 1 fully saturated rings. The molecule has 0 amide bonds. The molecule has 1 N–H and O–H groups in total. The molecule has 1 aromatic heterocycles. The zero-order chi connectivity index (χ0) is 11.5. The Morgan fingerprint density at radius 1 is 1.47 bits per heavy atom. The summed E-state index contributed by atoms with van der Waals surface area (Å²) in [5, 5.41) is 8.80. The van der Waals surface area contributed by atoms with E-state index in [1.807, 2.05) is 0 Å². The van der Waals surface area contributed by atoms with E-state index >= 15 is 0 Å². The number of carbonyl (C=O) groups is 1. The lowest BCUT2D eigenvalue weighted by Gasteiger charge is -2.26. The van der Waals surface area contributed by atoms with Crippen LogP contribution < -0.4 is 0 Å². The predicted octanol–water partition coefficient (Wildman–Crippen LogP) is 1.54. The van der Waals surface area contributed by atoms with Crippen molar-refractivity contribution >= 4 is 18.4 Å². The van der Waals surface area contributed by atoms with Gasteiger partial charge >= 0.3 is 5.97 Å². The van der Waals surface area contributed by atoms with Crippen LogP contribution in [0.2, 0.25) is 0 Å². The fourth-order valence-electron chi connectivity index (χ4n) is 1.78. The van der Waals surface area contributed by atoms with Crippen molar-refractivity contribution in [1.82, 2.24) is 4.90 Å². The summed E-state index contributed by atoms with van der Waals surface area (Å²) in [6, 6.07) is 1.60. The second-order valence-electron chi connectivity index (χ2n) is 3.89. The first kappa shape index (κ1) is 14.0. The van der Waals surface area contributed by atoms with Crippen LogP contribution in [0.1, 0.15) is 21.9 Å². The van der Waals surface area contributed by atoms with Gasteiger partial charge in [0.1, 0.15) is 5.76 Å². The summed E-state index contributed by atoms with van der Waals surface area (Å²) in [4.78, 5) is 13.0. The number of aromatic carboxylic acids is 1. The van der Waals surface area contributed by atoms with Crippen molar-refractivity contribution < 1.29 is 19.1 Å². The van der Waals surface area contributed by atoms with Crippen molar-refractivity contribution in [1.29, 1.82) is 0 Å². The number of furan rings is 1. The topological polar surface area (TPSA) is 62.9 Å². The highest BCUT2D eigenvalue weighted by molar-refractivity contribution is 5.85. The second-order valence-corrected chi connectivity index (χ2v) is 3.89. The summed E-state index contributed by atoms with van der Waals surface area (Å²) < 4.78 is 10.4.